The first-order valence-corrected chi connectivity index (χ1v) is 7.26. The number of hydrogen-bond donors (Lipinski definition) is 0. The van der Waals surface area contributed by atoms with E-state index in [9.17, 15) is 0 Å². The van der Waals surface area contributed by atoms with E-state index in [1.807, 2.05) is 12.1 Å². The minimum atomic E-state index is 0.769. The van der Waals surface area contributed by atoms with E-state index in [0.29, 0.717) is 0 Å². The van der Waals surface area contributed by atoms with Crippen molar-refractivity contribution in [3.63, 3.8) is 0 Å². The van der Waals surface area contributed by atoms with Gasteiger partial charge in [-0.05, 0) is 48.4 Å². The highest BCUT2D eigenvalue weighted by Crippen LogP contribution is 2.30. The van der Waals surface area contributed by atoms with E-state index in [1.165, 1.54) is 22.5 Å². The van der Waals surface area contributed by atoms with Crippen molar-refractivity contribution in [3.8, 4) is 0 Å². The Bertz CT molecular complexity index is 554. The van der Waals surface area contributed by atoms with Crippen LogP contribution in [0.25, 0.3) is 0 Å². The topological polar surface area (TPSA) is 3.24 Å². The van der Waals surface area contributed by atoms with Crippen molar-refractivity contribution in [3.05, 3.63) is 58.6 Å². The van der Waals surface area contributed by atoms with Gasteiger partial charge in [0.15, 0.2) is 0 Å². The molecule has 0 N–H and O–H groups in total. The van der Waals surface area contributed by atoms with Crippen LogP contribution in [0.2, 0.25) is 5.02 Å². The van der Waals surface area contributed by atoms with Crippen LogP contribution < -0.4 is 4.90 Å². The summed E-state index contributed by atoms with van der Waals surface area (Å²) in [5, 5.41) is 1.56. The first-order chi connectivity index (χ1) is 8.61. The van der Waals surface area contributed by atoms with Gasteiger partial charge in [-0.2, -0.15) is 0 Å². The molecule has 0 aliphatic carbocycles. The lowest BCUT2D eigenvalue weighted by Gasteiger charge is -2.22. The van der Waals surface area contributed by atoms with E-state index in [2.05, 4.69) is 65.1 Å². The van der Waals surface area contributed by atoms with Gasteiger partial charge in [-0.1, -0.05) is 39.7 Å². The second kappa shape index (κ2) is 5.77. The molecule has 0 heterocycles. The molecule has 2 aromatic rings. The molecule has 0 saturated heterocycles. The van der Waals surface area contributed by atoms with Crippen molar-refractivity contribution in [2.24, 2.45) is 0 Å². The Balaban J connectivity index is 2.42. The minimum Gasteiger partial charge on any atom is -0.344 e. The first kappa shape index (κ1) is 13.4. The number of hydrogen-bond acceptors (Lipinski definition) is 1. The molecule has 0 fully saturated rings. The van der Waals surface area contributed by atoms with Gasteiger partial charge in [-0.3, -0.25) is 0 Å². The summed E-state index contributed by atoms with van der Waals surface area (Å²) in [6.45, 7) is 2.10. The van der Waals surface area contributed by atoms with Gasteiger partial charge in [-0.15, -0.1) is 0 Å². The third kappa shape index (κ3) is 2.88. The molecule has 94 valence electrons. The number of benzene rings is 2. The Morgan fingerprint density at radius 1 is 1.17 bits per heavy atom. The number of aryl methyl sites for hydroxylation is 1. The quantitative estimate of drug-likeness (QED) is 0.691. The van der Waals surface area contributed by atoms with Crippen LogP contribution in [-0.4, -0.2) is 7.05 Å². The Morgan fingerprint density at radius 2 is 1.94 bits per heavy atom. The average Bonchev–Trinajstić information content (AvgIpc) is 2.37. The summed E-state index contributed by atoms with van der Waals surface area (Å²) in [5.41, 5.74) is 4.79. The number of rotatable bonds is 3. The molecule has 0 spiro atoms. The summed E-state index contributed by atoms with van der Waals surface area (Å²) in [7, 11) is 2.07. The minimum absolute atomic E-state index is 0.769. The molecule has 0 radical (unpaired) electrons. The van der Waals surface area contributed by atoms with Crippen molar-refractivity contribution in [1.82, 2.24) is 0 Å². The molecule has 0 aromatic heterocycles. The predicted molar refractivity (Wildman–Crippen MR) is 83.3 cm³/mol. The molecule has 0 saturated carbocycles. The fourth-order valence-corrected chi connectivity index (χ4v) is 2.61. The first-order valence-electron chi connectivity index (χ1n) is 5.76. The lowest BCUT2D eigenvalue weighted by molar-refractivity contribution is 1.17. The van der Waals surface area contributed by atoms with E-state index < -0.39 is 0 Å². The fraction of sp³-hybridized carbons (Fsp3) is 0.200. The van der Waals surface area contributed by atoms with Gasteiger partial charge in [0, 0.05) is 28.8 Å². The van der Waals surface area contributed by atoms with Crippen molar-refractivity contribution in [2.75, 3.05) is 11.9 Å². The highest BCUT2D eigenvalue weighted by atomic mass is 79.9. The summed E-state index contributed by atoms with van der Waals surface area (Å²) in [6, 6.07) is 14.4. The second-order valence-corrected chi connectivity index (χ2v) is 5.30. The summed E-state index contributed by atoms with van der Waals surface area (Å²) < 4.78 is 0. The SMILES string of the molecule is Cc1cccc(N(C)c2ccc(Cl)cc2CBr)c1. The van der Waals surface area contributed by atoms with Crippen LogP contribution in [0.3, 0.4) is 0 Å². The fourth-order valence-electron chi connectivity index (χ4n) is 1.96. The van der Waals surface area contributed by atoms with Crippen molar-refractivity contribution < 1.29 is 0 Å². The largest absolute Gasteiger partial charge is 0.344 e. The zero-order valence-corrected chi connectivity index (χ0v) is 12.8. The molecular formula is C15H15BrClN. The van der Waals surface area contributed by atoms with Gasteiger partial charge in [-0.25, -0.2) is 0 Å². The molecule has 0 aliphatic rings. The highest BCUT2D eigenvalue weighted by molar-refractivity contribution is 9.08. The van der Waals surface area contributed by atoms with Crippen LogP contribution in [0, 0.1) is 6.92 Å². The normalized spacial score (nSPS) is 10.4. The Morgan fingerprint density at radius 3 is 2.61 bits per heavy atom. The van der Waals surface area contributed by atoms with Gasteiger partial charge >= 0.3 is 0 Å². The van der Waals surface area contributed by atoms with Gasteiger partial charge in [0.05, 0.1) is 0 Å². The molecular weight excluding hydrogens is 310 g/mol. The summed E-state index contributed by atoms with van der Waals surface area (Å²) >= 11 is 9.54. The Kier molecular flexibility index (Phi) is 4.31. The lowest BCUT2D eigenvalue weighted by Crippen LogP contribution is -2.11. The maximum atomic E-state index is 6.03. The summed E-state index contributed by atoms with van der Waals surface area (Å²) in [5.74, 6) is 0. The number of nitrogens with zero attached hydrogens (tertiary/aromatic N) is 1. The number of alkyl halides is 1. The van der Waals surface area contributed by atoms with Crippen LogP contribution in [-0.2, 0) is 5.33 Å². The molecule has 2 aromatic carbocycles. The number of halogens is 2. The van der Waals surface area contributed by atoms with Crippen LogP contribution in [0.1, 0.15) is 11.1 Å². The highest BCUT2D eigenvalue weighted by Gasteiger charge is 2.09. The van der Waals surface area contributed by atoms with E-state index in [4.69, 9.17) is 11.6 Å². The predicted octanol–water partition coefficient (Wildman–Crippen LogP) is 5.31. The van der Waals surface area contributed by atoms with Crippen LogP contribution in [0.5, 0.6) is 0 Å². The molecule has 0 bridgehead atoms. The van der Waals surface area contributed by atoms with Crippen LogP contribution in [0.15, 0.2) is 42.5 Å². The standard InChI is InChI=1S/C15H15BrClN/c1-11-4-3-5-14(8-11)18(2)15-7-6-13(17)9-12(15)10-16/h3-9H,10H2,1-2H3. The van der Waals surface area contributed by atoms with Crippen molar-refractivity contribution >= 4 is 38.9 Å². The monoisotopic (exact) mass is 323 g/mol. The van der Waals surface area contributed by atoms with E-state index in [-0.39, 0.29) is 0 Å². The molecule has 0 amide bonds. The Hall–Kier alpha value is -0.990. The molecule has 0 aliphatic heterocycles. The third-order valence-electron chi connectivity index (χ3n) is 2.94. The molecule has 18 heavy (non-hydrogen) atoms. The lowest BCUT2D eigenvalue weighted by atomic mass is 10.1. The molecule has 3 heteroatoms. The maximum absolute atomic E-state index is 6.03. The smallest absolute Gasteiger partial charge is 0.0450 e. The van der Waals surface area contributed by atoms with Crippen molar-refractivity contribution in [1.29, 1.82) is 0 Å². The summed E-state index contributed by atoms with van der Waals surface area (Å²) in [6.07, 6.45) is 0. The van der Waals surface area contributed by atoms with E-state index in [0.717, 1.165) is 10.4 Å². The van der Waals surface area contributed by atoms with Gasteiger partial charge in [0.1, 0.15) is 0 Å². The number of anilines is 2. The van der Waals surface area contributed by atoms with E-state index in [1.54, 1.807) is 0 Å². The van der Waals surface area contributed by atoms with Crippen LogP contribution >= 0.6 is 27.5 Å². The molecule has 2 rings (SSSR count). The van der Waals surface area contributed by atoms with Crippen molar-refractivity contribution in [2.45, 2.75) is 12.3 Å². The van der Waals surface area contributed by atoms with E-state index >= 15 is 0 Å². The van der Waals surface area contributed by atoms with Gasteiger partial charge in [0.2, 0.25) is 0 Å². The zero-order chi connectivity index (χ0) is 13.1. The third-order valence-corrected chi connectivity index (χ3v) is 3.78. The molecule has 0 unspecified atom stereocenters. The molecule has 0 atom stereocenters. The van der Waals surface area contributed by atoms with Crippen LogP contribution in [0.4, 0.5) is 11.4 Å². The summed E-state index contributed by atoms with van der Waals surface area (Å²) in [4.78, 5) is 2.18. The Labute approximate surface area is 122 Å². The second-order valence-electron chi connectivity index (χ2n) is 4.30. The van der Waals surface area contributed by atoms with Gasteiger partial charge in [0.25, 0.3) is 0 Å². The maximum Gasteiger partial charge on any atom is 0.0450 e. The average molecular weight is 325 g/mol. The molecule has 1 nitrogen and oxygen atoms in total. The van der Waals surface area contributed by atoms with Gasteiger partial charge < -0.3 is 4.90 Å². The zero-order valence-electron chi connectivity index (χ0n) is 10.5.